The molecule has 2 aromatic carbocycles. The summed E-state index contributed by atoms with van der Waals surface area (Å²) in [4.78, 5) is 19.3. The molecule has 3 heterocycles. The maximum atomic E-state index is 12.6. The molecule has 0 aliphatic carbocycles. The number of carbonyl (C=O) groups is 1. The predicted octanol–water partition coefficient (Wildman–Crippen LogP) is 5.30. The first-order chi connectivity index (χ1) is 17.5. The average molecular weight is 479 g/mol. The van der Waals surface area contributed by atoms with Crippen molar-refractivity contribution in [3.8, 4) is 22.8 Å². The zero-order valence-electron chi connectivity index (χ0n) is 19.8. The first kappa shape index (κ1) is 23.1. The second kappa shape index (κ2) is 9.92. The number of rotatable bonds is 7. The molecule has 36 heavy (non-hydrogen) atoms. The number of amides is 1. The van der Waals surface area contributed by atoms with Gasteiger partial charge in [-0.2, -0.15) is 0 Å². The molecule has 0 saturated heterocycles. The van der Waals surface area contributed by atoms with E-state index in [1.807, 2.05) is 47.4 Å². The summed E-state index contributed by atoms with van der Waals surface area (Å²) in [7, 11) is 0. The highest BCUT2D eigenvalue weighted by Crippen LogP contribution is 2.34. The standard InChI is InChI=1S/C29H26N4O3/c1-3-4-6-19(2)29(30)33-14-13-22-17-21(10-11-24(22)33)23-7-5-8-27(31-23)32-28(34)16-20-9-12-25-26(15-20)36-18-35-25/h3-12,15,17,30H,1-2,13-14,16,18H2,(H,31,32,34). The van der Waals surface area contributed by atoms with Crippen LogP contribution >= 0.6 is 0 Å². The number of amidine groups is 1. The fourth-order valence-electron chi connectivity index (χ4n) is 4.32. The summed E-state index contributed by atoms with van der Waals surface area (Å²) < 4.78 is 10.7. The van der Waals surface area contributed by atoms with Crippen LogP contribution in [0.3, 0.4) is 0 Å². The number of anilines is 2. The van der Waals surface area contributed by atoms with Gasteiger partial charge in [-0.1, -0.05) is 49.6 Å². The van der Waals surface area contributed by atoms with Crippen LogP contribution in [0.4, 0.5) is 11.5 Å². The molecule has 5 rings (SSSR count). The molecule has 2 N–H and O–H groups in total. The van der Waals surface area contributed by atoms with Gasteiger partial charge in [0.05, 0.1) is 12.1 Å². The van der Waals surface area contributed by atoms with Crippen LogP contribution in [0.15, 0.2) is 91.6 Å². The lowest BCUT2D eigenvalue weighted by molar-refractivity contribution is -0.115. The highest BCUT2D eigenvalue weighted by molar-refractivity contribution is 6.10. The van der Waals surface area contributed by atoms with Crippen molar-refractivity contribution < 1.29 is 14.3 Å². The molecule has 1 amide bonds. The molecule has 0 atom stereocenters. The fourth-order valence-corrected chi connectivity index (χ4v) is 4.32. The van der Waals surface area contributed by atoms with Gasteiger partial charge in [0.15, 0.2) is 11.5 Å². The van der Waals surface area contributed by atoms with Crippen LogP contribution in [0, 0.1) is 5.41 Å². The van der Waals surface area contributed by atoms with Gasteiger partial charge in [0, 0.05) is 23.4 Å². The number of allylic oxidation sites excluding steroid dienone is 2. The van der Waals surface area contributed by atoms with Gasteiger partial charge in [-0.15, -0.1) is 0 Å². The molecular formula is C29H26N4O3. The Morgan fingerprint density at radius 3 is 2.86 bits per heavy atom. The number of ether oxygens (including phenoxy) is 2. The molecule has 0 saturated carbocycles. The second-order valence-electron chi connectivity index (χ2n) is 8.53. The molecule has 3 aromatic rings. The Labute approximate surface area is 209 Å². The SMILES string of the molecule is C=CC=CC(=C)C(=N)N1CCc2cc(-c3cccc(NC(=O)Cc4ccc5c(c4)OCO5)n3)ccc21. The summed E-state index contributed by atoms with van der Waals surface area (Å²) in [5, 5.41) is 11.4. The Bertz CT molecular complexity index is 1410. The Balaban J connectivity index is 1.28. The number of aromatic nitrogens is 1. The van der Waals surface area contributed by atoms with Crippen LogP contribution in [-0.4, -0.2) is 30.1 Å². The third kappa shape index (κ3) is 4.77. The van der Waals surface area contributed by atoms with Crippen molar-refractivity contribution in [3.63, 3.8) is 0 Å². The molecule has 0 spiro atoms. The number of hydrogen-bond donors (Lipinski definition) is 2. The van der Waals surface area contributed by atoms with Gasteiger partial charge in [-0.3, -0.25) is 10.2 Å². The van der Waals surface area contributed by atoms with Crippen molar-refractivity contribution >= 4 is 23.2 Å². The summed E-state index contributed by atoms with van der Waals surface area (Å²) in [6, 6.07) is 17.2. The summed E-state index contributed by atoms with van der Waals surface area (Å²) in [5.74, 6) is 2.06. The lowest BCUT2D eigenvalue weighted by Crippen LogP contribution is -2.28. The number of pyridine rings is 1. The zero-order valence-corrected chi connectivity index (χ0v) is 19.8. The number of nitrogens with one attached hydrogen (secondary N) is 2. The van der Waals surface area contributed by atoms with Gasteiger partial charge in [-0.05, 0) is 53.9 Å². The zero-order chi connectivity index (χ0) is 25.1. The van der Waals surface area contributed by atoms with E-state index in [0.29, 0.717) is 28.7 Å². The highest BCUT2D eigenvalue weighted by Gasteiger charge is 2.23. The third-order valence-electron chi connectivity index (χ3n) is 6.10. The van der Waals surface area contributed by atoms with E-state index in [9.17, 15) is 4.79 Å². The van der Waals surface area contributed by atoms with Gasteiger partial charge < -0.3 is 19.7 Å². The third-order valence-corrected chi connectivity index (χ3v) is 6.10. The molecule has 0 bridgehead atoms. The van der Waals surface area contributed by atoms with Crippen LogP contribution < -0.4 is 19.7 Å². The van der Waals surface area contributed by atoms with Gasteiger partial charge in [0.25, 0.3) is 0 Å². The van der Waals surface area contributed by atoms with Gasteiger partial charge >= 0.3 is 0 Å². The fraction of sp³-hybridized carbons (Fsp3) is 0.138. The normalized spacial score (nSPS) is 13.5. The molecule has 2 aliphatic heterocycles. The van der Waals surface area contributed by atoms with Crippen molar-refractivity contribution in [2.75, 3.05) is 23.6 Å². The Hall–Kier alpha value is -4.65. The minimum absolute atomic E-state index is 0.160. The average Bonchev–Trinajstić information content (AvgIpc) is 3.53. The molecule has 7 heteroatoms. The van der Waals surface area contributed by atoms with E-state index in [-0.39, 0.29) is 19.1 Å². The van der Waals surface area contributed by atoms with E-state index in [1.54, 1.807) is 24.3 Å². The monoisotopic (exact) mass is 478 g/mol. The topological polar surface area (TPSA) is 87.5 Å². The van der Waals surface area contributed by atoms with Crippen LogP contribution in [0.1, 0.15) is 11.1 Å². The first-order valence-electron chi connectivity index (χ1n) is 11.6. The lowest BCUT2D eigenvalue weighted by Gasteiger charge is -2.20. The van der Waals surface area contributed by atoms with E-state index in [4.69, 9.17) is 14.9 Å². The Kier molecular flexibility index (Phi) is 6.36. The van der Waals surface area contributed by atoms with Gasteiger partial charge in [0.2, 0.25) is 12.7 Å². The van der Waals surface area contributed by atoms with Crippen LogP contribution in [0.25, 0.3) is 11.3 Å². The maximum absolute atomic E-state index is 12.6. The van der Waals surface area contributed by atoms with Crippen molar-refractivity contribution in [1.29, 1.82) is 5.41 Å². The number of carbonyl (C=O) groups excluding carboxylic acids is 1. The lowest BCUT2D eigenvalue weighted by atomic mass is 10.1. The smallest absolute Gasteiger partial charge is 0.231 e. The minimum Gasteiger partial charge on any atom is -0.454 e. The maximum Gasteiger partial charge on any atom is 0.231 e. The number of benzene rings is 2. The van der Waals surface area contributed by atoms with Crippen LogP contribution in [-0.2, 0) is 17.6 Å². The molecule has 0 unspecified atom stereocenters. The van der Waals surface area contributed by atoms with Gasteiger partial charge in [0.1, 0.15) is 11.7 Å². The molecule has 0 radical (unpaired) electrons. The summed E-state index contributed by atoms with van der Waals surface area (Å²) in [6.45, 7) is 8.58. The molecular weight excluding hydrogens is 452 g/mol. The number of fused-ring (bicyclic) bond motifs is 2. The summed E-state index contributed by atoms with van der Waals surface area (Å²) >= 11 is 0. The largest absolute Gasteiger partial charge is 0.454 e. The number of hydrogen-bond acceptors (Lipinski definition) is 5. The van der Waals surface area contributed by atoms with Gasteiger partial charge in [-0.25, -0.2) is 4.98 Å². The van der Waals surface area contributed by atoms with Crippen molar-refractivity contribution in [1.82, 2.24) is 4.98 Å². The molecule has 2 aliphatic rings. The van der Waals surface area contributed by atoms with Crippen LogP contribution in [0.2, 0.25) is 0 Å². The van der Waals surface area contributed by atoms with Crippen molar-refractivity contribution in [3.05, 3.63) is 103 Å². The Morgan fingerprint density at radius 2 is 2.00 bits per heavy atom. The van der Waals surface area contributed by atoms with Crippen molar-refractivity contribution in [2.45, 2.75) is 12.8 Å². The van der Waals surface area contributed by atoms with E-state index in [2.05, 4.69) is 29.5 Å². The second-order valence-corrected chi connectivity index (χ2v) is 8.53. The summed E-state index contributed by atoms with van der Waals surface area (Å²) in [5.41, 5.74) is 5.36. The highest BCUT2D eigenvalue weighted by atomic mass is 16.7. The van der Waals surface area contributed by atoms with E-state index in [1.165, 1.54) is 0 Å². The van der Waals surface area contributed by atoms with Crippen LogP contribution in [0.5, 0.6) is 11.5 Å². The molecule has 7 nitrogen and oxygen atoms in total. The molecule has 180 valence electrons. The number of nitrogens with zero attached hydrogens (tertiary/aromatic N) is 2. The minimum atomic E-state index is -0.160. The first-order valence-corrected chi connectivity index (χ1v) is 11.6. The summed E-state index contributed by atoms with van der Waals surface area (Å²) in [6.07, 6.45) is 6.28. The van der Waals surface area contributed by atoms with Crippen molar-refractivity contribution in [2.24, 2.45) is 0 Å². The van der Waals surface area contributed by atoms with E-state index < -0.39 is 0 Å². The van der Waals surface area contributed by atoms with E-state index >= 15 is 0 Å². The predicted molar refractivity (Wildman–Crippen MR) is 142 cm³/mol. The Morgan fingerprint density at radius 1 is 1.14 bits per heavy atom. The quantitative estimate of drug-likeness (QED) is 0.273. The van der Waals surface area contributed by atoms with E-state index in [0.717, 1.165) is 41.0 Å². The molecule has 0 fully saturated rings. The molecule has 1 aromatic heterocycles.